The molecule has 3 nitrogen and oxygen atoms in total. The summed E-state index contributed by atoms with van der Waals surface area (Å²) in [6, 6.07) is 0. The summed E-state index contributed by atoms with van der Waals surface area (Å²) in [5.74, 6) is 2.45. The van der Waals surface area contributed by atoms with Crippen molar-refractivity contribution < 1.29 is 0 Å². The number of rotatable bonds is 1. The van der Waals surface area contributed by atoms with Crippen LogP contribution in [0.1, 0.15) is 30.4 Å². The Kier molecular flexibility index (Phi) is 2.95. The van der Waals surface area contributed by atoms with Crippen LogP contribution < -0.4 is 5.56 Å². The highest BCUT2D eigenvalue weighted by molar-refractivity contribution is 7.99. The maximum atomic E-state index is 11.7. The fraction of sp³-hybridized carbons (Fsp3) is 0.455. The minimum atomic E-state index is 0.0201. The fourth-order valence-electron chi connectivity index (χ4n) is 1.74. The van der Waals surface area contributed by atoms with Crippen LogP contribution in [0.4, 0.5) is 0 Å². The molecular weight excluding hydrogens is 208 g/mol. The molecule has 1 aliphatic heterocycles. The maximum Gasteiger partial charge on any atom is 0.255 e. The van der Waals surface area contributed by atoms with Crippen molar-refractivity contribution in [3.05, 3.63) is 33.5 Å². The summed E-state index contributed by atoms with van der Waals surface area (Å²) < 4.78 is 0. The summed E-state index contributed by atoms with van der Waals surface area (Å²) in [6.07, 6.45) is 3.15. The Hall–Kier alpha value is -1.03. The Labute approximate surface area is 93.0 Å². The van der Waals surface area contributed by atoms with Crippen LogP contribution in [0.2, 0.25) is 0 Å². The van der Waals surface area contributed by atoms with E-state index in [1.54, 1.807) is 11.8 Å². The molecular formula is C11H14N2OS. The largest absolute Gasteiger partial charge is 0.310 e. The van der Waals surface area contributed by atoms with Gasteiger partial charge in [-0.1, -0.05) is 13.0 Å². The van der Waals surface area contributed by atoms with Gasteiger partial charge in [0, 0.05) is 11.5 Å². The van der Waals surface area contributed by atoms with Gasteiger partial charge in [0.15, 0.2) is 0 Å². The first-order chi connectivity index (χ1) is 7.22. The minimum absolute atomic E-state index is 0.0201. The summed E-state index contributed by atoms with van der Waals surface area (Å²) in [6.45, 7) is 3.93. The highest BCUT2D eigenvalue weighted by Crippen LogP contribution is 2.29. The van der Waals surface area contributed by atoms with Crippen LogP contribution in [-0.4, -0.2) is 15.7 Å². The molecule has 0 radical (unpaired) electrons. The second-order valence-corrected chi connectivity index (χ2v) is 4.59. The third-order valence-corrected chi connectivity index (χ3v) is 3.40. The van der Waals surface area contributed by atoms with Gasteiger partial charge >= 0.3 is 0 Å². The first-order valence-corrected chi connectivity index (χ1v) is 6.24. The van der Waals surface area contributed by atoms with Gasteiger partial charge < -0.3 is 4.98 Å². The molecule has 0 saturated heterocycles. The van der Waals surface area contributed by atoms with E-state index in [9.17, 15) is 4.79 Å². The molecule has 0 bridgehead atoms. The van der Waals surface area contributed by atoms with Crippen LogP contribution in [0.15, 0.2) is 10.9 Å². The molecule has 15 heavy (non-hydrogen) atoms. The fourth-order valence-corrected chi connectivity index (χ4v) is 2.79. The van der Waals surface area contributed by atoms with Crippen LogP contribution in [0.3, 0.4) is 0 Å². The second kappa shape index (κ2) is 4.23. The Balaban J connectivity index is 2.61. The van der Waals surface area contributed by atoms with Crippen LogP contribution in [0, 0.1) is 6.92 Å². The number of thioether (sulfide) groups is 1. The lowest BCUT2D eigenvalue weighted by atomic mass is 10.1. The van der Waals surface area contributed by atoms with Crippen molar-refractivity contribution in [2.24, 2.45) is 0 Å². The van der Waals surface area contributed by atoms with Gasteiger partial charge in [-0.3, -0.25) is 4.79 Å². The van der Waals surface area contributed by atoms with Gasteiger partial charge in [-0.05, 0) is 18.9 Å². The Bertz CT molecular complexity index is 462. The first-order valence-electron chi connectivity index (χ1n) is 5.09. The monoisotopic (exact) mass is 222 g/mol. The van der Waals surface area contributed by atoms with Crippen LogP contribution in [0.25, 0.3) is 5.57 Å². The molecule has 0 amide bonds. The number of hydrogen-bond donors (Lipinski definition) is 1. The predicted octanol–water partition coefficient (Wildman–Crippen LogP) is 2.12. The van der Waals surface area contributed by atoms with E-state index in [-0.39, 0.29) is 5.56 Å². The molecule has 0 unspecified atom stereocenters. The maximum absolute atomic E-state index is 11.7. The van der Waals surface area contributed by atoms with E-state index in [0.29, 0.717) is 5.82 Å². The average Bonchev–Trinajstić information content (AvgIpc) is 2.19. The van der Waals surface area contributed by atoms with Crippen molar-refractivity contribution in [1.82, 2.24) is 9.97 Å². The molecule has 2 rings (SSSR count). The van der Waals surface area contributed by atoms with E-state index in [4.69, 9.17) is 0 Å². The number of aromatic nitrogens is 2. The van der Waals surface area contributed by atoms with Gasteiger partial charge in [-0.25, -0.2) is 4.98 Å². The quantitative estimate of drug-likeness (QED) is 0.791. The van der Waals surface area contributed by atoms with Crippen LogP contribution in [0.5, 0.6) is 0 Å². The molecule has 1 aromatic heterocycles. The van der Waals surface area contributed by atoms with E-state index in [1.807, 2.05) is 6.92 Å². The third kappa shape index (κ3) is 2.00. The number of allylic oxidation sites excluding steroid dienone is 1. The van der Waals surface area contributed by atoms with Crippen molar-refractivity contribution >= 4 is 17.3 Å². The summed E-state index contributed by atoms with van der Waals surface area (Å²) in [7, 11) is 0. The summed E-state index contributed by atoms with van der Waals surface area (Å²) >= 11 is 1.78. The van der Waals surface area contributed by atoms with Crippen molar-refractivity contribution in [3.63, 3.8) is 0 Å². The van der Waals surface area contributed by atoms with Gasteiger partial charge in [0.2, 0.25) is 0 Å². The highest BCUT2D eigenvalue weighted by atomic mass is 32.2. The SMILES string of the molecule is CCC=C1CSCc2c1nc(C)[nH]c2=O. The number of fused-ring (bicyclic) bond motifs is 1. The number of aryl methyl sites for hydroxylation is 1. The molecule has 0 atom stereocenters. The second-order valence-electron chi connectivity index (χ2n) is 3.61. The summed E-state index contributed by atoms with van der Waals surface area (Å²) in [5.41, 5.74) is 2.97. The molecule has 1 aromatic rings. The van der Waals surface area contributed by atoms with Crippen LogP contribution in [-0.2, 0) is 5.75 Å². The third-order valence-electron chi connectivity index (χ3n) is 2.39. The summed E-state index contributed by atoms with van der Waals surface area (Å²) in [4.78, 5) is 18.9. The van der Waals surface area contributed by atoms with Gasteiger partial charge in [-0.2, -0.15) is 11.8 Å². The first kappa shape index (κ1) is 10.5. The van der Waals surface area contributed by atoms with E-state index in [1.165, 1.54) is 5.57 Å². The molecule has 1 aliphatic rings. The van der Waals surface area contributed by atoms with Crippen molar-refractivity contribution in [1.29, 1.82) is 0 Å². The Morgan fingerprint density at radius 1 is 1.53 bits per heavy atom. The standard InChI is InChI=1S/C11H14N2OS/c1-3-4-8-5-15-6-9-10(8)12-7(2)13-11(9)14/h4H,3,5-6H2,1-2H3,(H,12,13,14). The Morgan fingerprint density at radius 3 is 3.07 bits per heavy atom. The predicted molar refractivity (Wildman–Crippen MR) is 64.0 cm³/mol. The topological polar surface area (TPSA) is 45.8 Å². The van der Waals surface area contributed by atoms with E-state index in [0.717, 1.165) is 29.2 Å². The van der Waals surface area contributed by atoms with Crippen LogP contribution >= 0.6 is 11.8 Å². The molecule has 0 aromatic carbocycles. The molecule has 0 fully saturated rings. The average molecular weight is 222 g/mol. The molecule has 0 saturated carbocycles. The lowest BCUT2D eigenvalue weighted by molar-refractivity contribution is 0.966. The normalized spacial score (nSPS) is 17.9. The minimum Gasteiger partial charge on any atom is -0.310 e. The smallest absolute Gasteiger partial charge is 0.255 e. The van der Waals surface area contributed by atoms with Gasteiger partial charge in [-0.15, -0.1) is 0 Å². The summed E-state index contributed by atoms with van der Waals surface area (Å²) in [5, 5.41) is 0. The molecule has 80 valence electrons. The van der Waals surface area contributed by atoms with E-state index >= 15 is 0 Å². The van der Waals surface area contributed by atoms with Crippen molar-refractivity contribution in [2.45, 2.75) is 26.0 Å². The van der Waals surface area contributed by atoms with Gasteiger partial charge in [0.25, 0.3) is 5.56 Å². The van der Waals surface area contributed by atoms with Gasteiger partial charge in [0.1, 0.15) is 5.82 Å². The van der Waals surface area contributed by atoms with Crippen molar-refractivity contribution in [3.8, 4) is 0 Å². The number of hydrogen-bond acceptors (Lipinski definition) is 3. The molecule has 2 heterocycles. The lowest BCUT2D eigenvalue weighted by Crippen LogP contribution is -2.21. The van der Waals surface area contributed by atoms with E-state index in [2.05, 4.69) is 23.0 Å². The van der Waals surface area contributed by atoms with Gasteiger partial charge in [0.05, 0.1) is 11.3 Å². The van der Waals surface area contributed by atoms with Crippen molar-refractivity contribution in [2.75, 3.05) is 5.75 Å². The lowest BCUT2D eigenvalue weighted by Gasteiger charge is -2.17. The zero-order valence-corrected chi connectivity index (χ0v) is 9.78. The number of H-pyrrole nitrogens is 1. The number of aromatic amines is 1. The molecule has 1 N–H and O–H groups in total. The molecule has 0 spiro atoms. The Morgan fingerprint density at radius 2 is 2.33 bits per heavy atom. The zero-order chi connectivity index (χ0) is 10.8. The number of nitrogens with one attached hydrogen (secondary N) is 1. The zero-order valence-electron chi connectivity index (χ0n) is 8.96. The molecule has 0 aliphatic carbocycles. The van der Waals surface area contributed by atoms with E-state index < -0.39 is 0 Å². The number of nitrogens with zero attached hydrogens (tertiary/aromatic N) is 1. The highest BCUT2D eigenvalue weighted by Gasteiger charge is 2.18. The molecule has 4 heteroatoms.